The predicted octanol–water partition coefficient (Wildman–Crippen LogP) is 6.73. The Balaban J connectivity index is 0.000000173. The third-order valence-electron chi connectivity index (χ3n) is 8.97. The number of thiocarbonyl (C=S) groups is 1. The lowest BCUT2D eigenvalue weighted by atomic mass is 9.84. The van der Waals surface area contributed by atoms with Crippen LogP contribution >= 0.6 is 12.2 Å². The maximum absolute atomic E-state index is 6.37. The molecule has 0 saturated heterocycles. The molecule has 8 heteroatoms. The van der Waals surface area contributed by atoms with Gasteiger partial charge < -0.3 is 24.6 Å². The number of hydrogen-bond donors (Lipinski definition) is 1. The highest BCUT2D eigenvalue weighted by Gasteiger charge is 2.36. The number of ether oxygens (including phenoxy) is 2. The van der Waals surface area contributed by atoms with Crippen LogP contribution in [-0.4, -0.2) is 81.8 Å². The van der Waals surface area contributed by atoms with Crippen molar-refractivity contribution in [3.63, 3.8) is 0 Å². The highest BCUT2D eigenvalue weighted by molar-refractivity contribution is 7.81. The molecule has 7 nitrogen and oxygen atoms in total. The van der Waals surface area contributed by atoms with Gasteiger partial charge in [-0.05, 0) is 30.3 Å². The van der Waals surface area contributed by atoms with Gasteiger partial charge in [0.15, 0.2) is 0 Å². The summed E-state index contributed by atoms with van der Waals surface area (Å²) >= 11 is 5.66. The van der Waals surface area contributed by atoms with Gasteiger partial charge in [0.05, 0.1) is 17.9 Å². The Morgan fingerprint density at radius 3 is 1.92 bits per heavy atom. The highest BCUT2D eigenvalue weighted by atomic mass is 32.1. The van der Waals surface area contributed by atoms with Gasteiger partial charge in [0.1, 0.15) is 51.2 Å². The molecule has 4 aliphatic rings. The van der Waals surface area contributed by atoms with Gasteiger partial charge in [-0.15, -0.1) is 0 Å². The van der Waals surface area contributed by atoms with Crippen LogP contribution in [0.3, 0.4) is 0 Å². The van der Waals surface area contributed by atoms with Crippen molar-refractivity contribution in [2.24, 2.45) is 11.8 Å². The number of allylic oxidation sites excluding steroid dienone is 5. The van der Waals surface area contributed by atoms with Crippen LogP contribution in [0.25, 0.3) is 0 Å². The van der Waals surface area contributed by atoms with E-state index < -0.39 is 0 Å². The third-order valence-corrected chi connectivity index (χ3v) is 9.44. The van der Waals surface area contributed by atoms with Gasteiger partial charge in [-0.1, -0.05) is 48.6 Å². The van der Waals surface area contributed by atoms with E-state index in [9.17, 15) is 0 Å². The van der Waals surface area contributed by atoms with E-state index in [4.69, 9.17) is 21.7 Å². The summed E-state index contributed by atoms with van der Waals surface area (Å²) in [4.78, 5) is 5.09. The Morgan fingerprint density at radius 1 is 0.688 bits per heavy atom. The first-order valence-electron chi connectivity index (χ1n) is 16.2. The van der Waals surface area contributed by atoms with Crippen molar-refractivity contribution in [1.29, 1.82) is 0 Å². The molecule has 2 aliphatic heterocycles. The lowest BCUT2D eigenvalue weighted by Gasteiger charge is -2.36. The number of para-hydroxylation sites is 1. The summed E-state index contributed by atoms with van der Waals surface area (Å²) in [6.45, 7) is 0. The molecule has 0 aromatic heterocycles. The molecule has 3 atom stereocenters. The molecule has 3 aromatic rings. The van der Waals surface area contributed by atoms with Crippen molar-refractivity contribution in [2.75, 3.05) is 71.5 Å². The predicted molar refractivity (Wildman–Crippen MR) is 203 cm³/mol. The molecule has 0 spiro atoms. The number of benzene rings is 3. The summed E-state index contributed by atoms with van der Waals surface area (Å²) in [7, 11) is 16.3. The minimum atomic E-state index is 0.0707. The maximum Gasteiger partial charge on any atom is 0.202 e. The standard InChI is InChI=1S/C23H26N3O.C17H19N2OS/c1-25(2)17-10-12-19-21(14-17)27-22-15-18(26(3)4)11-13-20(22)23(19)24-16-8-6-5-7-9-16;1-18(2)11-5-7-13-15(9-11)20-16-10-12(19(3)4)6-8-14(16)17(13)21/h5-15,19,23-24H,1-4H3;5-10,13H,1-4H3/q2*+1. The second-order valence-corrected chi connectivity index (χ2v) is 13.6. The van der Waals surface area contributed by atoms with E-state index in [1.165, 1.54) is 5.56 Å². The lowest BCUT2D eigenvalue weighted by molar-refractivity contribution is -0.462. The average Bonchev–Trinajstić information content (AvgIpc) is 3.07. The second kappa shape index (κ2) is 13.6. The molecule has 3 aromatic carbocycles. The highest BCUT2D eigenvalue weighted by Crippen LogP contribution is 2.45. The molecule has 1 N–H and O–H groups in total. The van der Waals surface area contributed by atoms with Crippen molar-refractivity contribution in [1.82, 2.24) is 0 Å². The van der Waals surface area contributed by atoms with E-state index in [0.717, 1.165) is 61.9 Å². The summed E-state index contributed by atoms with van der Waals surface area (Å²) in [6, 6.07) is 23.1. The van der Waals surface area contributed by atoms with Crippen LogP contribution in [0.5, 0.6) is 11.5 Å². The van der Waals surface area contributed by atoms with E-state index >= 15 is 0 Å². The number of hydrogen-bond acceptors (Lipinski definition) is 6. The number of nitrogens with one attached hydrogen (secondary N) is 1. The smallest absolute Gasteiger partial charge is 0.202 e. The summed E-state index contributed by atoms with van der Waals surface area (Å²) < 4.78 is 16.7. The Hall–Kier alpha value is -4.95. The summed E-state index contributed by atoms with van der Waals surface area (Å²) in [5, 5.41) is 3.72. The van der Waals surface area contributed by atoms with Gasteiger partial charge in [-0.25, -0.2) is 9.15 Å². The SMILES string of the molecule is CN(C)c1ccc2c(c1)OC1=CC(=[N+](C)C)C=CC1C2=S.CN(C)c1ccc2c(c1)OC1=CC(=[N+](C)C)C=CC1C2Nc1ccccc1. The molecule has 48 heavy (non-hydrogen) atoms. The molecule has 246 valence electrons. The Labute approximate surface area is 290 Å². The molecular formula is C40H45N5O2S+2. The van der Waals surface area contributed by atoms with Gasteiger partial charge in [-0.2, -0.15) is 0 Å². The number of fused-ring (bicyclic) bond motifs is 4. The number of nitrogens with zero attached hydrogens (tertiary/aromatic N) is 4. The fraction of sp³-hybridized carbons (Fsp3) is 0.275. The van der Waals surface area contributed by atoms with Crippen molar-refractivity contribution >= 4 is 45.6 Å². The van der Waals surface area contributed by atoms with Crippen molar-refractivity contribution in [3.8, 4) is 11.5 Å². The molecule has 0 fully saturated rings. The Morgan fingerprint density at radius 2 is 1.27 bits per heavy atom. The molecule has 7 rings (SSSR count). The molecule has 0 amide bonds. The van der Waals surface area contributed by atoms with Crippen molar-refractivity contribution < 1.29 is 18.6 Å². The first-order chi connectivity index (χ1) is 23.0. The molecular weight excluding hydrogens is 615 g/mol. The van der Waals surface area contributed by atoms with Gasteiger partial charge >= 0.3 is 0 Å². The summed E-state index contributed by atoms with van der Waals surface area (Å²) in [5.74, 6) is 3.90. The van der Waals surface area contributed by atoms with Crippen LogP contribution < -0.4 is 24.6 Å². The van der Waals surface area contributed by atoms with Gasteiger partial charge in [0, 0.05) is 97.7 Å². The van der Waals surface area contributed by atoms with E-state index in [0.29, 0.717) is 0 Å². The lowest BCUT2D eigenvalue weighted by Crippen LogP contribution is -2.31. The topological polar surface area (TPSA) is 43.0 Å². The average molecular weight is 660 g/mol. The largest absolute Gasteiger partial charge is 0.460 e. The van der Waals surface area contributed by atoms with Crippen LogP contribution in [0.1, 0.15) is 17.2 Å². The normalized spacial score (nSPS) is 19.8. The second-order valence-electron chi connectivity index (χ2n) is 13.2. The zero-order valence-electron chi connectivity index (χ0n) is 29.1. The third kappa shape index (κ3) is 6.71. The molecule has 3 unspecified atom stereocenters. The summed E-state index contributed by atoms with van der Waals surface area (Å²) in [6.07, 6.45) is 12.9. The van der Waals surface area contributed by atoms with Crippen LogP contribution in [0, 0.1) is 11.8 Å². The number of anilines is 3. The fourth-order valence-corrected chi connectivity index (χ4v) is 6.48. The van der Waals surface area contributed by atoms with Gasteiger partial charge in [0.25, 0.3) is 0 Å². The molecule has 0 saturated carbocycles. The molecule has 0 bridgehead atoms. The maximum atomic E-state index is 6.37. The van der Waals surface area contributed by atoms with Gasteiger partial charge in [0.2, 0.25) is 11.4 Å². The molecule has 2 heterocycles. The van der Waals surface area contributed by atoms with E-state index in [2.05, 4.69) is 129 Å². The first kappa shape index (κ1) is 33.0. The number of rotatable bonds is 4. The fourth-order valence-electron chi connectivity index (χ4n) is 6.12. The Kier molecular flexibility index (Phi) is 9.38. The minimum absolute atomic E-state index is 0.0707. The van der Waals surface area contributed by atoms with E-state index in [-0.39, 0.29) is 17.9 Å². The van der Waals surface area contributed by atoms with Gasteiger partial charge in [-0.3, -0.25) is 0 Å². The van der Waals surface area contributed by atoms with Crippen molar-refractivity contribution in [2.45, 2.75) is 6.04 Å². The quantitative estimate of drug-likeness (QED) is 0.248. The first-order valence-corrected chi connectivity index (χ1v) is 16.6. The Bertz CT molecular complexity index is 1930. The van der Waals surface area contributed by atoms with Crippen LogP contribution in [-0.2, 0) is 0 Å². The minimum Gasteiger partial charge on any atom is -0.460 e. The van der Waals surface area contributed by atoms with E-state index in [1.54, 1.807) is 0 Å². The summed E-state index contributed by atoms with van der Waals surface area (Å²) in [5.41, 5.74) is 7.83. The van der Waals surface area contributed by atoms with Crippen LogP contribution in [0.2, 0.25) is 0 Å². The van der Waals surface area contributed by atoms with Crippen molar-refractivity contribution in [3.05, 3.63) is 126 Å². The van der Waals surface area contributed by atoms with E-state index in [1.807, 2.05) is 54.4 Å². The monoisotopic (exact) mass is 659 g/mol. The van der Waals surface area contributed by atoms with Crippen LogP contribution in [0.15, 0.2) is 115 Å². The zero-order chi connectivity index (χ0) is 34.1. The molecule has 0 radical (unpaired) electrons. The zero-order valence-corrected chi connectivity index (χ0v) is 29.9. The molecule has 2 aliphatic carbocycles. The van der Waals surface area contributed by atoms with Crippen LogP contribution in [0.4, 0.5) is 17.1 Å².